The van der Waals surface area contributed by atoms with E-state index in [0.29, 0.717) is 18.8 Å². The number of rotatable bonds is 6. The first-order valence-electron chi connectivity index (χ1n) is 9.05. The van der Waals surface area contributed by atoms with Gasteiger partial charge in [-0.15, -0.1) is 0 Å². The Kier molecular flexibility index (Phi) is 6.30. The molecule has 0 aliphatic carbocycles. The zero-order valence-corrected chi connectivity index (χ0v) is 15.5. The highest BCUT2D eigenvalue weighted by Crippen LogP contribution is 2.15. The normalized spacial score (nSPS) is 14.0. The molecule has 6 heteroatoms. The second-order valence-electron chi connectivity index (χ2n) is 6.47. The van der Waals surface area contributed by atoms with Crippen LogP contribution in [0, 0.1) is 6.92 Å². The maximum Gasteiger partial charge on any atom is 0.344 e. The molecule has 1 fully saturated rings. The van der Waals surface area contributed by atoms with E-state index in [1.165, 1.54) is 0 Å². The van der Waals surface area contributed by atoms with Crippen molar-refractivity contribution in [3.05, 3.63) is 60.2 Å². The zero-order valence-electron chi connectivity index (χ0n) is 15.5. The summed E-state index contributed by atoms with van der Waals surface area (Å²) in [7, 11) is 0. The van der Waals surface area contributed by atoms with Gasteiger partial charge in [-0.2, -0.15) is 0 Å². The fourth-order valence-electron chi connectivity index (χ4n) is 2.98. The van der Waals surface area contributed by atoms with E-state index in [2.05, 4.69) is 17.0 Å². The molecule has 0 atom stereocenters. The Hall–Kier alpha value is -3.02. The van der Waals surface area contributed by atoms with E-state index in [9.17, 15) is 9.59 Å². The van der Waals surface area contributed by atoms with Gasteiger partial charge in [-0.3, -0.25) is 4.79 Å². The van der Waals surface area contributed by atoms with Crippen LogP contribution in [0.25, 0.3) is 0 Å². The Morgan fingerprint density at radius 1 is 0.926 bits per heavy atom. The van der Waals surface area contributed by atoms with Crippen molar-refractivity contribution in [2.75, 3.05) is 44.3 Å². The summed E-state index contributed by atoms with van der Waals surface area (Å²) in [5, 5.41) is 0. The Balaban J connectivity index is 1.37. The molecule has 6 nitrogen and oxygen atoms in total. The molecule has 1 aliphatic rings. The lowest BCUT2D eigenvalue weighted by Crippen LogP contribution is -2.50. The summed E-state index contributed by atoms with van der Waals surface area (Å²) in [6, 6.07) is 17.5. The minimum atomic E-state index is -0.548. The quantitative estimate of drug-likeness (QED) is 0.732. The van der Waals surface area contributed by atoms with E-state index in [1.807, 2.05) is 43.3 Å². The van der Waals surface area contributed by atoms with E-state index in [4.69, 9.17) is 9.47 Å². The van der Waals surface area contributed by atoms with Crippen molar-refractivity contribution in [1.82, 2.24) is 4.90 Å². The Bertz CT molecular complexity index is 771. The summed E-state index contributed by atoms with van der Waals surface area (Å²) in [6.07, 6.45) is 0. The average molecular weight is 368 g/mol. The number of anilines is 1. The van der Waals surface area contributed by atoms with Gasteiger partial charge in [-0.25, -0.2) is 4.79 Å². The van der Waals surface area contributed by atoms with E-state index in [1.54, 1.807) is 11.0 Å². The highest BCUT2D eigenvalue weighted by Gasteiger charge is 2.22. The van der Waals surface area contributed by atoms with Gasteiger partial charge in [0.15, 0.2) is 13.2 Å². The van der Waals surface area contributed by atoms with Gasteiger partial charge in [0.1, 0.15) is 5.75 Å². The van der Waals surface area contributed by atoms with Crippen LogP contribution >= 0.6 is 0 Å². The Morgan fingerprint density at radius 3 is 2.37 bits per heavy atom. The van der Waals surface area contributed by atoms with Crippen LogP contribution in [0.5, 0.6) is 5.75 Å². The van der Waals surface area contributed by atoms with Crippen LogP contribution in [0.15, 0.2) is 54.6 Å². The van der Waals surface area contributed by atoms with Gasteiger partial charge in [0.05, 0.1) is 0 Å². The number of hydrogen-bond acceptors (Lipinski definition) is 5. The van der Waals surface area contributed by atoms with Crippen LogP contribution in [0.3, 0.4) is 0 Å². The molecule has 0 saturated carbocycles. The second kappa shape index (κ2) is 9.07. The molecule has 0 aromatic heterocycles. The molecule has 0 bridgehead atoms. The summed E-state index contributed by atoms with van der Waals surface area (Å²) in [5.41, 5.74) is 2.20. The van der Waals surface area contributed by atoms with Crippen molar-refractivity contribution < 1.29 is 19.1 Å². The third-order valence-electron chi connectivity index (χ3n) is 4.46. The number of esters is 1. The first-order chi connectivity index (χ1) is 13.1. The first kappa shape index (κ1) is 18.8. The molecule has 1 saturated heterocycles. The van der Waals surface area contributed by atoms with Gasteiger partial charge < -0.3 is 19.3 Å². The van der Waals surface area contributed by atoms with Crippen LogP contribution in [-0.2, 0) is 14.3 Å². The summed E-state index contributed by atoms with van der Waals surface area (Å²) >= 11 is 0. The molecule has 2 aromatic carbocycles. The van der Waals surface area contributed by atoms with Crippen molar-refractivity contribution in [3.63, 3.8) is 0 Å². The van der Waals surface area contributed by atoms with E-state index in [-0.39, 0.29) is 19.1 Å². The number of aryl methyl sites for hydroxylation is 1. The van der Waals surface area contributed by atoms with Crippen molar-refractivity contribution in [1.29, 1.82) is 0 Å². The molecule has 3 rings (SSSR count). The predicted octanol–water partition coefficient (Wildman–Crippen LogP) is 2.27. The smallest absolute Gasteiger partial charge is 0.344 e. The summed E-state index contributed by atoms with van der Waals surface area (Å²) in [4.78, 5) is 28.0. The number of carbonyl (C=O) groups is 2. The number of carbonyl (C=O) groups excluding carboxylic acids is 2. The van der Waals surface area contributed by atoms with Gasteiger partial charge in [0.2, 0.25) is 0 Å². The number of amides is 1. The van der Waals surface area contributed by atoms with Gasteiger partial charge in [0, 0.05) is 31.9 Å². The molecule has 0 unspecified atom stereocenters. The fourth-order valence-corrected chi connectivity index (χ4v) is 2.98. The predicted molar refractivity (Wildman–Crippen MR) is 103 cm³/mol. The lowest BCUT2D eigenvalue weighted by Gasteiger charge is -2.36. The standard InChI is InChI=1S/C21H24N2O4/c1-17-6-5-9-19(14-17)26-16-21(25)27-15-20(24)23-12-10-22(11-13-23)18-7-3-2-4-8-18/h2-9,14H,10-13,15-16H2,1H3. The monoisotopic (exact) mass is 368 g/mol. The van der Waals surface area contributed by atoms with Gasteiger partial charge in [0.25, 0.3) is 5.91 Å². The summed E-state index contributed by atoms with van der Waals surface area (Å²) in [6.45, 7) is 4.25. The molecule has 1 amide bonds. The minimum Gasteiger partial charge on any atom is -0.482 e. The van der Waals surface area contributed by atoms with Crippen molar-refractivity contribution in [2.24, 2.45) is 0 Å². The number of para-hydroxylation sites is 1. The molecule has 0 spiro atoms. The topological polar surface area (TPSA) is 59.1 Å². The van der Waals surface area contributed by atoms with Crippen molar-refractivity contribution >= 4 is 17.6 Å². The van der Waals surface area contributed by atoms with Crippen LogP contribution in [0.2, 0.25) is 0 Å². The van der Waals surface area contributed by atoms with Crippen molar-refractivity contribution in [2.45, 2.75) is 6.92 Å². The Morgan fingerprint density at radius 2 is 1.67 bits per heavy atom. The van der Waals surface area contributed by atoms with Crippen LogP contribution < -0.4 is 9.64 Å². The molecule has 0 radical (unpaired) electrons. The molecule has 2 aromatic rings. The molecular weight excluding hydrogens is 344 g/mol. The van der Waals surface area contributed by atoms with Crippen molar-refractivity contribution in [3.8, 4) is 5.75 Å². The minimum absolute atomic E-state index is 0.174. The maximum absolute atomic E-state index is 12.3. The largest absolute Gasteiger partial charge is 0.482 e. The third-order valence-corrected chi connectivity index (χ3v) is 4.46. The zero-order chi connectivity index (χ0) is 19.1. The van der Waals surface area contributed by atoms with E-state index in [0.717, 1.165) is 24.3 Å². The molecule has 1 aliphatic heterocycles. The number of hydrogen-bond donors (Lipinski definition) is 0. The molecule has 0 N–H and O–H groups in total. The number of piperazine rings is 1. The molecule has 27 heavy (non-hydrogen) atoms. The third kappa shape index (κ3) is 5.48. The lowest BCUT2D eigenvalue weighted by atomic mass is 10.2. The van der Waals surface area contributed by atoms with Crippen LogP contribution in [0.1, 0.15) is 5.56 Å². The number of ether oxygens (including phenoxy) is 2. The maximum atomic E-state index is 12.3. The summed E-state index contributed by atoms with van der Waals surface area (Å²) in [5.74, 6) is -0.116. The SMILES string of the molecule is Cc1cccc(OCC(=O)OCC(=O)N2CCN(c3ccccc3)CC2)c1. The Labute approximate surface area is 159 Å². The lowest BCUT2D eigenvalue weighted by molar-refractivity contribution is -0.153. The summed E-state index contributed by atoms with van der Waals surface area (Å²) < 4.78 is 10.4. The molecule has 142 valence electrons. The van der Waals surface area contributed by atoms with Gasteiger partial charge in [-0.1, -0.05) is 30.3 Å². The average Bonchev–Trinajstić information content (AvgIpc) is 2.71. The molecule has 1 heterocycles. The molecular formula is C21H24N2O4. The second-order valence-corrected chi connectivity index (χ2v) is 6.47. The van der Waals surface area contributed by atoms with Gasteiger partial charge in [-0.05, 0) is 36.8 Å². The highest BCUT2D eigenvalue weighted by atomic mass is 16.6. The van der Waals surface area contributed by atoms with Crippen LogP contribution in [-0.4, -0.2) is 56.2 Å². The highest BCUT2D eigenvalue weighted by molar-refractivity contribution is 5.81. The van der Waals surface area contributed by atoms with Gasteiger partial charge >= 0.3 is 5.97 Å². The fraction of sp³-hybridized carbons (Fsp3) is 0.333. The number of benzene rings is 2. The number of nitrogens with zero attached hydrogens (tertiary/aromatic N) is 2. The van der Waals surface area contributed by atoms with E-state index >= 15 is 0 Å². The van der Waals surface area contributed by atoms with E-state index < -0.39 is 5.97 Å². The van der Waals surface area contributed by atoms with Crippen LogP contribution in [0.4, 0.5) is 5.69 Å². The first-order valence-corrected chi connectivity index (χ1v) is 9.05.